The predicted octanol–water partition coefficient (Wildman–Crippen LogP) is 2.38. The highest BCUT2D eigenvalue weighted by Crippen LogP contribution is 2.20. The third-order valence-electron chi connectivity index (χ3n) is 3.71. The molecule has 138 valence electrons. The van der Waals surface area contributed by atoms with Gasteiger partial charge in [-0.2, -0.15) is 0 Å². The second-order valence-electron chi connectivity index (χ2n) is 5.72. The van der Waals surface area contributed by atoms with Crippen LogP contribution in [-0.2, 0) is 20.9 Å². The van der Waals surface area contributed by atoms with Crippen molar-refractivity contribution < 1.29 is 19.1 Å². The largest absolute Gasteiger partial charge is 0.489 e. The molecule has 0 aromatic heterocycles. The molecule has 0 atom stereocenters. The highest BCUT2D eigenvalue weighted by Gasteiger charge is 2.15. The minimum Gasteiger partial charge on any atom is -0.489 e. The molecular formula is C20H24N2O4. The van der Waals surface area contributed by atoms with Gasteiger partial charge in [-0.1, -0.05) is 30.3 Å². The van der Waals surface area contributed by atoms with Crippen LogP contribution in [0, 0.1) is 0 Å². The Bertz CT molecular complexity index is 702. The molecule has 0 saturated heterocycles. The Labute approximate surface area is 153 Å². The van der Waals surface area contributed by atoms with E-state index < -0.39 is 0 Å². The summed E-state index contributed by atoms with van der Waals surface area (Å²) in [7, 11) is 1.56. The van der Waals surface area contributed by atoms with Crippen molar-refractivity contribution in [2.45, 2.75) is 13.5 Å². The van der Waals surface area contributed by atoms with Crippen molar-refractivity contribution in [1.82, 2.24) is 5.32 Å². The lowest BCUT2D eigenvalue weighted by atomic mass is 10.2. The Morgan fingerprint density at radius 1 is 1.04 bits per heavy atom. The Balaban J connectivity index is 1.94. The minimum atomic E-state index is -0.235. The van der Waals surface area contributed by atoms with E-state index in [4.69, 9.17) is 9.47 Å². The molecule has 2 aromatic rings. The van der Waals surface area contributed by atoms with Crippen LogP contribution in [0.2, 0.25) is 0 Å². The van der Waals surface area contributed by atoms with Gasteiger partial charge in [0.25, 0.3) is 0 Å². The van der Waals surface area contributed by atoms with Gasteiger partial charge in [0.1, 0.15) is 18.9 Å². The lowest BCUT2D eigenvalue weighted by Gasteiger charge is -2.21. The zero-order valence-electron chi connectivity index (χ0n) is 15.1. The molecule has 0 unspecified atom stereocenters. The fraction of sp³-hybridized carbons (Fsp3) is 0.300. The summed E-state index contributed by atoms with van der Waals surface area (Å²) in [5, 5.41) is 2.71. The first-order valence-corrected chi connectivity index (χ1v) is 8.40. The number of carbonyl (C=O) groups excluding carboxylic acids is 2. The molecule has 0 aliphatic carbocycles. The summed E-state index contributed by atoms with van der Waals surface area (Å²) in [6.07, 6.45) is 0. The fourth-order valence-corrected chi connectivity index (χ4v) is 2.34. The summed E-state index contributed by atoms with van der Waals surface area (Å²) in [5.41, 5.74) is 1.72. The second kappa shape index (κ2) is 10.2. The third-order valence-corrected chi connectivity index (χ3v) is 3.71. The fourth-order valence-electron chi connectivity index (χ4n) is 2.34. The van der Waals surface area contributed by atoms with Crippen LogP contribution in [0.15, 0.2) is 54.6 Å². The molecule has 2 aromatic carbocycles. The summed E-state index contributed by atoms with van der Waals surface area (Å²) >= 11 is 0. The van der Waals surface area contributed by atoms with Crippen LogP contribution in [0.3, 0.4) is 0 Å². The number of carbonyl (C=O) groups is 2. The number of nitrogens with zero attached hydrogens (tertiary/aromatic N) is 1. The maximum absolute atomic E-state index is 11.9. The molecule has 26 heavy (non-hydrogen) atoms. The van der Waals surface area contributed by atoms with E-state index >= 15 is 0 Å². The summed E-state index contributed by atoms with van der Waals surface area (Å²) in [6, 6.07) is 17.0. The topological polar surface area (TPSA) is 67.9 Å². The van der Waals surface area contributed by atoms with Crippen LogP contribution in [0.1, 0.15) is 12.5 Å². The number of nitrogens with one attached hydrogen (secondary N) is 1. The van der Waals surface area contributed by atoms with E-state index in [1.807, 2.05) is 30.3 Å². The van der Waals surface area contributed by atoms with Crippen molar-refractivity contribution in [3.8, 4) is 5.75 Å². The number of hydrogen-bond acceptors (Lipinski definition) is 4. The smallest absolute Gasteiger partial charge is 0.240 e. The highest BCUT2D eigenvalue weighted by atomic mass is 16.5. The SMILES string of the molecule is COCCNC(=O)CN(C(C)=O)c1ccc(OCc2ccccc2)cc1. The average Bonchev–Trinajstić information content (AvgIpc) is 2.66. The minimum absolute atomic E-state index is 0.0384. The molecular weight excluding hydrogens is 332 g/mol. The molecule has 0 fully saturated rings. The molecule has 0 bridgehead atoms. The Morgan fingerprint density at radius 2 is 1.73 bits per heavy atom. The third kappa shape index (κ3) is 6.22. The summed E-state index contributed by atoms with van der Waals surface area (Å²) in [6.45, 7) is 2.70. The van der Waals surface area contributed by atoms with Crippen LogP contribution in [0.5, 0.6) is 5.75 Å². The molecule has 1 N–H and O–H groups in total. The molecule has 0 aliphatic rings. The summed E-state index contributed by atoms with van der Waals surface area (Å²) in [5.74, 6) is 0.261. The number of anilines is 1. The summed E-state index contributed by atoms with van der Waals surface area (Å²) < 4.78 is 10.6. The van der Waals surface area contributed by atoms with Crippen molar-refractivity contribution in [2.75, 3.05) is 31.7 Å². The first-order valence-electron chi connectivity index (χ1n) is 8.40. The van der Waals surface area contributed by atoms with Crippen molar-refractivity contribution in [1.29, 1.82) is 0 Å². The molecule has 0 saturated carbocycles. The number of benzene rings is 2. The molecule has 0 radical (unpaired) electrons. The van der Waals surface area contributed by atoms with Crippen molar-refractivity contribution in [3.05, 3.63) is 60.2 Å². The first-order chi connectivity index (χ1) is 12.6. The Kier molecular flexibility index (Phi) is 7.64. The van der Waals surface area contributed by atoms with Gasteiger partial charge < -0.3 is 19.7 Å². The van der Waals surface area contributed by atoms with Crippen molar-refractivity contribution in [3.63, 3.8) is 0 Å². The lowest BCUT2D eigenvalue weighted by molar-refractivity contribution is -0.123. The van der Waals surface area contributed by atoms with E-state index in [1.54, 1.807) is 31.4 Å². The molecule has 0 aliphatic heterocycles. The molecule has 6 nitrogen and oxygen atoms in total. The van der Waals surface area contributed by atoms with Gasteiger partial charge in [-0.15, -0.1) is 0 Å². The summed E-state index contributed by atoms with van der Waals surface area (Å²) in [4.78, 5) is 25.3. The van der Waals surface area contributed by atoms with Crippen LogP contribution < -0.4 is 15.0 Å². The van der Waals surface area contributed by atoms with E-state index in [-0.39, 0.29) is 18.4 Å². The van der Waals surface area contributed by atoms with Crippen LogP contribution in [0.4, 0.5) is 5.69 Å². The van der Waals surface area contributed by atoms with Gasteiger partial charge >= 0.3 is 0 Å². The van der Waals surface area contributed by atoms with Crippen molar-refractivity contribution >= 4 is 17.5 Å². The molecule has 2 amide bonds. The molecule has 0 spiro atoms. The highest BCUT2D eigenvalue weighted by molar-refractivity contribution is 5.97. The van der Waals surface area contributed by atoms with Gasteiger partial charge in [0.05, 0.1) is 6.61 Å². The number of hydrogen-bond donors (Lipinski definition) is 1. The standard InChI is InChI=1S/C20H24N2O4/c1-16(23)22(14-20(24)21-12-13-25-2)18-8-10-19(11-9-18)26-15-17-6-4-3-5-7-17/h3-11H,12-15H2,1-2H3,(H,21,24). The van der Waals surface area contributed by atoms with Crippen LogP contribution >= 0.6 is 0 Å². The van der Waals surface area contributed by atoms with Gasteiger partial charge in [-0.3, -0.25) is 9.59 Å². The molecule has 6 heteroatoms. The number of rotatable bonds is 9. The number of methoxy groups -OCH3 is 1. The van der Waals surface area contributed by atoms with Gasteiger partial charge in [0, 0.05) is 26.3 Å². The van der Waals surface area contributed by atoms with Crippen LogP contribution in [-0.4, -0.2) is 38.6 Å². The number of ether oxygens (including phenoxy) is 2. The van der Waals surface area contributed by atoms with Crippen molar-refractivity contribution in [2.24, 2.45) is 0 Å². The Hall–Kier alpha value is -2.86. The molecule has 0 heterocycles. The van der Waals surface area contributed by atoms with E-state index in [2.05, 4.69) is 5.32 Å². The maximum Gasteiger partial charge on any atom is 0.240 e. The quantitative estimate of drug-likeness (QED) is 0.701. The Morgan fingerprint density at radius 3 is 2.35 bits per heavy atom. The number of amides is 2. The van der Waals surface area contributed by atoms with Gasteiger partial charge in [-0.05, 0) is 29.8 Å². The monoisotopic (exact) mass is 356 g/mol. The van der Waals surface area contributed by atoms with Crippen LogP contribution in [0.25, 0.3) is 0 Å². The second-order valence-corrected chi connectivity index (χ2v) is 5.72. The van der Waals surface area contributed by atoms with E-state index in [1.165, 1.54) is 11.8 Å². The zero-order chi connectivity index (χ0) is 18.8. The normalized spacial score (nSPS) is 10.2. The lowest BCUT2D eigenvalue weighted by Crippen LogP contribution is -2.40. The first kappa shape index (κ1) is 19.5. The average molecular weight is 356 g/mol. The predicted molar refractivity (Wildman–Crippen MR) is 100 cm³/mol. The van der Waals surface area contributed by atoms with E-state index in [0.717, 1.165) is 5.56 Å². The zero-order valence-corrected chi connectivity index (χ0v) is 15.1. The van der Waals surface area contributed by atoms with E-state index in [9.17, 15) is 9.59 Å². The van der Waals surface area contributed by atoms with E-state index in [0.29, 0.717) is 31.2 Å². The van der Waals surface area contributed by atoms with Gasteiger partial charge in [-0.25, -0.2) is 0 Å². The van der Waals surface area contributed by atoms with Gasteiger partial charge in [0.15, 0.2) is 0 Å². The molecule has 2 rings (SSSR count). The maximum atomic E-state index is 11.9. The van der Waals surface area contributed by atoms with Gasteiger partial charge in [0.2, 0.25) is 11.8 Å².